The molecule has 3 aromatic rings. The second-order valence-corrected chi connectivity index (χ2v) is 7.66. The second-order valence-electron chi connectivity index (χ2n) is 7.66. The standard InChI is InChI=1S/C26H22O/c1-17-6-2-4-8-21(17)26(27)20-11-10-19-13-14-23-22-9-5-3-7-18(22)12-15-24(23)25(19)16-20/h2-9,13-16,20H,10-12H2,1H3. The summed E-state index contributed by atoms with van der Waals surface area (Å²) in [5.41, 5.74) is 7.32. The summed E-state index contributed by atoms with van der Waals surface area (Å²) in [5, 5.41) is 2.59. The number of ketones is 1. The molecule has 0 bridgehead atoms. The minimum Gasteiger partial charge on any atom is -0.294 e. The third-order valence-electron chi connectivity index (χ3n) is 6.05. The van der Waals surface area contributed by atoms with Crippen molar-refractivity contribution in [2.75, 3.05) is 0 Å². The van der Waals surface area contributed by atoms with Gasteiger partial charge in [0, 0.05) is 11.5 Å². The van der Waals surface area contributed by atoms with Crippen LogP contribution in [0.2, 0.25) is 0 Å². The van der Waals surface area contributed by atoms with Gasteiger partial charge in [-0.25, -0.2) is 0 Å². The normalized spacial score (nSPS) is 17.0. The van der Waals surface area contributed by atoms with E-state index in [-0.39, 0.29) is 11.7 Å². The van der Waals surface area contributed by atoms with Gasteiger partial charge in [0.25, 0.3) is 0 Å². The molecule has 3 aromatic carbocycles. The van der Waals surface area contributed by atoms with E-state index in [2.05, 4.69) is 48.6 Å². The smallest absolute Gasteiger partial charge is 0.169 e. The van der Waals surface area contributed by atoms with Crippen LogP contribution in [-0.4, -0.2) is 5.78 Å². The number of hydrogen-bond acceptors (Lipinski definition) is 1. The molecule has 1 unspecified atom stereocenters. The molecule has 0 saturated carbocycles. The van der Waals surface area contributed by atoms with E-state index >= 15 is 0 Å². The van der Waals surface area contributed by atoms with E-state index in [9.17, 15) is 4.79 Å². The van der Waals surface area contributed by atoms with Crippen LogP contribution < -0.4 is 10.4 Å². The molecule has 0 heterocycles. The van der Waals surface area contributed by atoms with Gasteiger partial charge in [0.05, 0.1) is 0 Å². The number of carbonyl (C=O) groups excluding carboxylic acids is 1. The minimum absolute atomic E-state index is 0.0318. The van der Waals surface area contributed by atoms with Crippen LogP contribution in [0, 0.1) is 12.8 Å². The Hall–Kier alpha value is -2.93. The van der Waals surface area contributed by atoms with Crippen molar-refractivity contribution in [1.29, 1.82) is 0 Å². The van der Waals surface area contributed by atoms with Crippen LogP contribution >= 0.6 is 0 Å². The summed E-state index contributed by atoms with van der Waals surface area (Å²) in [7, 11) is 0. The van der Waals surface area contributed by atoms with Crippen LogP contribution in [0.15, 0.2) is 60.7 Å². The Labute approximate surface area is 159 Å². The van der Waals surface area contributed by atoms with Gasteiger partial charge in [-0.2, -0.15) is 0 Å². The lowest BCUT2D eigenvalue weighted by Crippen LogP contribution is -2.37. The molecule has 0 aromatic heterocycles. The van der Waals surface area contributed by atoms with Crippen LogP contribution in [0.25, 0.3) is 23.3 Å². The van der Waals surface area contributed by atoms with Crippen LogP contribution in [-0.2, 0) is 12.8 Å². The van der Waals surface area contributed by atoms with Crippen molar-refractivity contribution in [2.24, 2.45) is 5.92 Å². The van der Waals surface area contributed by atoms with Gasteiger partial charge < -0.3 is 0 Å². The Kier molecular flexibility index (Phi) is 3.82. The van der Waals surface area contributed by atoms with Gasteiger partial charge in [0.15, 0.2) is 5.78 Å². The summed E-state index contributed by atoms with van der Waals surface area (Å²) in [5.74, 6) is 0.225. The fourth-order valence-corrected chi connectivity index (χ4v) is 4.58. The van der Waals surface area contributed by atoms with Gasteiger partial charge >= 0.3 is 0 Å². The zero-order valence-electron chi connectivity index (χ0n) is 15.5. The van der Waals surface area contributed by atoms with E-state index in [1.54, 1.807) is 0 Å². The van der Waals surface area contributed by atoms with Crippen molar-refractivity contribution >= 4 is 17.9 Å². The number of hydrogen-bond donors (Lipinski definition) is 0. The Balaban J connectivity index is 1.65. The lowest BCUT2D eigenvalue weighted by molar-refractivity contribution is 0.0946. The molecule has 0 amide bonds. The van der Waals surface area contributed by atoms with Crippen molar-refractivity contribution < 1.29 is 4.79 Å². The fourth-order valence-electron chi connectivity index (χ4n) is 4.58. The van der Waals surface area contributed by atoms with E-state index in [1.807, 2.05) is 31.2 Å². The van der Waals surface area contributed by atoms with Gasteiger partial charge in [0.1, 0.15) is 0 Å². The number of aryl methyl sites for hydroxylation is 2. The van der Waals surface area contributed by atoms with Crippen LogP contribution in [0.3, 0.4) is 0 Å². The zero-order chi connectivity index (χ0) is 18.4. The van der Waals surface area contributed by atoms with Crippen molar-refractivity contribution in [3.63, 3.8) is 0 Å². The Morgan fingerprint density at radius 1 is 0.852 bits per heavy atom. The SMILES string of the molecule is Cc1ccccc1C(=O)C1C=c2c(ccc3c2=CCc2ccccc2-3)CC1. The molecule has 27 heavy (non-hydrogen) atoms. The molecule has 0 fully saturated rings. The summed E-state index contributed by atoms with van der Waals surface area (Å²) < 4.78 is 0. The molecule has 2 aliphatic carbocycles. The molecule has 1 nitrogen and oxygen atoms in total. The summed E-state index contributed by atoms with van der Waals surface area (Å²) in [6, 6.07) is 21.1. The molecule has 2 aliphatic rings. The number of rotatable bonds is 2. The topological polar surface area (TPSA) is 17.1 Å². The Bertz CT molecular complexity index is 1180. The van der Waals surface area contributed by atoms with Gasteiger partial charge in [-0.1, -0.05) is 72.8 Å². The van der Waals surface area contributed by atoms with Crippen LogP contribution in [0.5, 0.6) is 0 Å². The maximum absolute atomic E-state index is 13.2. The van der Waals surface area contributed by atoms with E-state index in [4.69, 9.17) is 0 Å². The highest BCUT2D eigenvalue weighted by atomic mass is 16.1. The number of benzene rings is 3. The highest BCUT2D eigenvalue weighted by molar-refractivity contribution is 6.02. The predicted molar refractivity (Wildman–Crippen MR) is 111 cm³/mol. The first kappa shape index (κ1) is 16.3. The van der Waals surface area contributed by atoms with Crippen LogP contribution in [0.4, 0.5) is 0 Å². The average molecular weight is 350 g/mol. The van der Waals surface area contributed by atoms with E-state index in [1.165, 1.54) is 32.7 Å². The maximum Gasteiger partial charge on any atom is 0.169 e. The fraction of sp³-hybridized carbons (Fsp3) is 0.192. The molecule has 0 spiro atoms. The minimum atomic E-state index is -0.0318. The number of fused-ring (bicyclic) bond motifs is 5. The van der Waals surface area contributed by atoms with Crippen molar-refractivity contribution in [3.05, 3.63) is 93.4 Å². The summed E-state index contributed by atoms with van der Waals surface area (Å²) in [6.07, 6.45) is 7.40. The first-order valence-corrected chi connectivity index (χ1v) is 9.74. The maximum atomic E-state index is 13.2. The average Bonchev–Trinajstić information content (AvgIpc) is 2.72. The van der Waals surface area contributed by atoms with E-state index in [0.29, 0.717) is 0 Å². The molecular formula is C26H22O. The van der Waals surface area contributed by atoms with Crippen molar-refractivity contribution in [3.8, 4) is 11.1 Å². The van der Waals surface area contributed by atoms with Crippen molar-refractivity contribution in [2.45, 2.75) is 26.2 Å². The Morgan fingerprint density at radius 2 is 1.67 bits per heavy atom. The van der Waals surface area contributed by atoms with Gasteiger partial charge in [0.2, 0.25) is 0 Å². The molecule has 0 N–H and O–H groups in total. The van der Waals surface area contributed by atoms with E-state index < -0.39 is 0 Å². The summed E-state index contributed by atoms with van der Waals surface area (Å²) in [4.78, 5) is 13.2. The Morgan fingerprint density at radius 3 is 2.56 bits per heavy atom. The first-order chi connectivity index (χ1) is 13.2. The molecule has 0 radical (unpaired) electrons. The highest BCUT2D eigenvalue weighted by Gasteiger charge is 2.23. The van der Waals surface area contributed by atoms with Crippen molar-refractivity contribution in [1.82, 2.24) is 0 Å². The highest BCUT2D eigenvalue weighted by Crippen LogP contribution is 2.26. The number of Topliss-reactive ketones (excluding diaryl/α,β-unsaturated/α-hetero) is 1. The predicted octanol–water partition coefficient (Wildman–Crippen LogP) is 4.22. The second kappa shape index (κ2) is 6.35. The molecule has 0 aliphatic heterocycles. The van der Waals surface area contributed by atoms with Gasteiger partial charge in [-0.15, -0.1) is 0 Å². The monoisotopic (exact) mass is 350 g/mol. The quantitative estimate of drug-likeness (QED) is 0.632. The largest absolute Gasteiger partial charge is 0.294 e. The van der Waals surface area contributed by atoms with Gasteiger partial charge in [-0.05, 0) is 64.4 Å². The molecule has 0 saturated heterocycles. The number of carbonyl (C=O) groups is 1. The molecular weight excluding hydrogens is 328 g/mol. The molecule has 1 atom stereocenters. The summed E-state index contributed by atoms with van der Waals surface area (Å²) in [6.45, 7) is 2.02. The lowest BCUT2D eigenvalue weighted by atomic mass is 9.82. The van der Waals surface area contributed by atoms with E-state index in [0.717, 1.165) is 30.4 Å². The first-order valence-electron chi connectivity index (χ1n) is 9.74. The zero-order valence-corrected chi connectivity index (χ0v) is 15.5. The molecule has 1 heteroatoms. The molecule has 5 rings (SSSR count). The third-order valence-corrected chi connectivity index (χ3v) is 6.05. The summed E-state index contributed by atoms with van der Waals surface area (Å²) >= 11 is 0. The lowest BCUT2D eigenvalue weighted by Gasteiger charge is -2.22. The van der Waals surface area contributed by atoms with Crippen LogP contribution in [0.1, 0.15) is 33.5 Å². The molecule has 132 valence electrons. The van der Waals surface area contributed by atoms with Gasteiger partial charge in [-0.3, -0.25) is 4.79 Å². The third kappa shape index (κ3) is 2.66.